The number of hydrogen-bond acceptors (Lipinski definition) is 7. The lowest BCUT2D eigenvalue weighted by molar-refractivity contribution is -0.192. The summed E-state index contributed by atoms with van der Waals surface area (Å²) >= 11 is 0. The number of rotatable bonds is 6. The summed E-state index contributed by atoms with van der Waals surface area (Å²) in [6.07, 6.45) is -3.74. The fraction of sp³-hybridized carbons (Fsp3) is 0.105. The first-order chi connectivity index (χ1) is 15.4. The van der Waals surface area contributed by atoms with E-state index in [9.17, 15) is 26.0 Å². The molecule has 0 saturated heterocycles. The molecule has 0 spiro atoms. The zero-order valence-electron chi connectivity index (χ0n) is 16.8. The van der Waals surface area contributed by atoms with Crippen LogP contribution in [0, 0.1) is 5.82 Å². The number of aromatic nitrogens is 2. The van der Waals surface area contributed by atoms with Gasteiger partial charge in [-0.05, 0) is 43.4 Å². The average molecular weight is 487 g/mol. The third kappa shape index (κ3) is 8.01. The largest absolute Gasteiger partial charge is 0.490 e. The molecule has 14 heteroatoms. The number of carboxylic acids is 1. The van der Waals surface area contributed by atoms with Gasteiger partial charge in [-0.3, -0.25) is 0 Å². The van der Waals surface area contributed by atoms with E-state index < -0.39 is 22.2 Å². The highest BCUT2D eigenvalue weighted by atomic mass is 32.2. The van der Waals surface area contributed by atoms with E-state index in [0.29, 0.717) is 23.0 Å². The molecule has 1 aromatic heterocycles. The molecule has 0 aliphatic rings. The molecule has 3 rings (SSSR count). The first kappa shape index (κ1) is 25.5. The van der Waals surface area contributed by atoms with Gasteiger partial charge in [0.2, 0.25) is 10.0 Å². The van der Waals surface area contributed by atoms with Crippen molar-refractivity contribution in [1.82, 2.24) is 14.7 Å². The summed E-state index contributed by atoms with van der Waals surface area (Å²) in [4.78, 5) is 17.2. The summed E-state index contributed by atoms with van der Waals surface area (Å²) in [5.74, 6) is -2.19. The number of carbonyl (C=O) groups is 1. The molecule has 0 fully saturated rings. The van der Waals surface area contributed by atoms with Gasteiger partial charge < -0.3 is 15.7 Å². The van der Waals surface area contributed by atoms with Crippen LogP contribution in [0.2, 0.25) is 0 Å². The molecular weight excluding hydrogens is 470 g/mol. The van der Waals surface area contributed by atoms with Crippen molar-refractivity contribution in [3.63, 3.8) is 0 Å². The van der Waals surface area contributed by atoms with Crippen LogP contribution in [0.1, 0.15) is 0 Å². The summed E-state index contributed by atoms with van der Waals surface area (Å²) in [6, 6.07) is 14.0. The van der Waals surface area contributed by atoms with Gasteiger partial charge in [0.05, 0.1) is 4.90 Å². The van der Waals surface area contributed by atoms with Gasteiger partial charge >= 0.3 is 12.1 Å². The molecule has 2 aromatic carbocycles. The normalized spacial score (nSPS) is 11.2. The second-order valence-electron chi connectivity index (χ2n) is 6.09. The van der Waals surface area contributed by atoms with E-state index in [2.05, 4.69) is 25.3 Å². The Bertz CT molecular complexity index is 1220. The van der Waals surface area contributed by atoms with Crippen molar-refractivity contribution in [1.29, 1.82) is 0 Å². The van der Waals surface area contributed by atoms with Gasteiger partial charge in [0.1, 0.15) is 23.8 Å². The molecule has 4 N–H and O–H groups in total. The van der Waals surface area contributed by atoms with Crippen molar-refractivity contribution >= 4 is 39.0 Å². The smallest absolute Gasteiger partial charge is 0.475 e. The van der Waals surface area contributed by atoms with Gasteiger partial charge in [-0.25, -0.2) is 32.3 Å². The minimum Gasteiger partial charge on any atom is -0.475 e. The van der Waals surface area contributed by atoms with Crippen LogP contribution in [0.4, 0.5) is 40.6 Å². The van der Waals surface area contributed by atoms with E-state index in [-0.39, 0.29) is 10.7 Å². The summed E-state index contributed by atoms with van der Waals surface area (Å²) in [5.41, 5.74) is 1.11. The molecule has 0 saturated carbocycles. The summed E-state index contributed by atoms with van der Waals surface area (Å²) in [7, 11) is -2.19. The van der Waals surface area contributed by atoms with Crippen LogP contribution < -0.4 is 15.4 Å². The maximum absolute atomic E-state index is 13.3. The predicted octanol–water partition coefficient (Wildman–Crippen LogP) is 3.64. The van der Waals surface area contributed by atoms with E-state index in [0.717, 1.165) is 0 Å². The fourth-order valence-electron chi connectivity index (χ4n) is 2.21. The van der Waals surface area contributed by atoms with E-state index in [4.69, 9.17) is 9.90 Å². The van der Waals surface area contributed by atoms with Crippen molar-refractivity contribution in [3.8, 4) is 0 Å². The summed E-state index contributed by atoms with van der Waals surface area (Å²) < 4.78 is 71.0. The minimum absolute atomic E-state index is 0.136. The first-order valence-corrected chi connectivity index (χ1v) is 10.3. The standard InChI is InChI=1S/C17H16FN5O2S.C2HF3O2/c1-19-26(24,25)15-7-3-6-14(9-15)23-17-10-16(20-11-21-17)22-13-5-2-4-12(18)8-13;3-2(4,5)1(6)7/h2-11,19H,1H3,(H2,20,21,22,23);(H,6,7). The van der Waals surface area contributed by atoms with Gasteiger partial charge in [0.25, 0.3) is 0 Å². The van der Waals surface area contributed by atoms with Crippen molar-refractivity contribution in [2.45, 2.75) is 11.1 Å². The second-order valence-corrected chi connectivity index (χ2v) is 7.97. The number of halogens is 4. The third-order valence-corrected chi connectivity index (χ3v) is 5.10. The number of sulfonamides is 1. The maximum atomic E-state index is 13.3. The first-order valence-electron chi connectivity index (χ1n) is 8.86. The third-order valence-electron chi connectivity index (χ3n) is 3.69. The van der Waals surface area contributed by atoms with Crippen LogP contribution in [-0.4, -0.2) is 42.7 Å². The lowest BCUT2D eigenvalue weighted by atomic mass is 10.3. The average Bonchev–Trinajstić information content (AvgIpc) is 2.74. The highest BCUT2D eigenvalue weighted by Gasteiger charge is 2.38. The molecule has 0 amide bonds. The fourth-order valence-corrected chi connectivity index (χ4v) is 2.99. The van der Waals surface area contributed by atoms with Crippen LogP contribution in [0.25, 0.3) is 0 Å². The van der Waals surface area contributed by atoms with Crippen molar-refractivity contribution < 1.29 is 35.9 Å². The van der Waals surface area contributed by atoms with E-state index in [1.807, 2.05) is 0 Å². The number of carboxylic acid groups (broad SMARTS) is 1. The van der Waals surface area contributed by atoms with Gasteiger partial charge in [-0.1, -0.05) is 12.1 Å². The number of hydrogen-bond donors (Lipinski definition) is 4. The maximum Gasteiger partial charge on any atom is 0.490 e. The SMILES string of the molecule is CNS(=O)(=O)c1cccc(Nc2cc(Nc3cccc(F)c3)ncn2)c1.O=C(O)C(F)(F)F. The van der Waals surface area contributed by atoms with Crippen molar-refractivity contribution in [2.24, 2.45) is 0 Å². The summed E-state index contributed by atoms with van der Waals surface area (Å²) in [5, 5.41) is 13.1. The van der Waals surface area contributed by atoms with Gasteiger partial charge in [-0.2, -0.15) is 13.2 Å². The van der Waals surface area contributed by atoms with Crippen molar-refractivity contribution in [3.05, 3.63) is 66.7 Å². The van der Waals surface area contributed by atoms with Crippen LogP contribution >= 0.6 is 0 Å². The molecule has 0 aliphatic carbocycles. The Balaban J connectivity index is 0.000000479. The Morgan fingerprint density at radius 2 is 1.45 bits per heavy atom. The molecule has 0 bridgehead atoms. The van der Waals surface area contributed by atoms with Crippen LogP contribution in [0.3, 0.4) is 0 Å². The van der Waals surface area contributed by atoms with Gasteiger partial charge in [0.15, 0.2) is 0 Å². The zero-order chi connectivity index (χ0) is 24.6. The molecule has 0 radical (unpaired) electrons. The molecular formula is C19H17F4N5O4S. The number of nitrogens with one attached hydrogen (secondary N) is 3. The number of anilines is 4. The van der Waals surface area contributed by atoms with Gasteiger partial charge in [0, 0.05) is 17.4 Å². The monoisotopic (exact) mass is 487 g/mol. The Morgan fingerprint density at radius 3 is 1.94 bits per heavy atom. The Morgan fingerprint density at radius 1 is 0.939 bits per heavy atom. The predicted molar refractivity (Wildman–Crippen MR) is 111 cm³/mol. The molecule has 176 valence electrons. The highest BCUT2D eigenvalue weighted by Crippen LogP contribution is 2.21. The number of nitrogens with zero attached hydrogens (tertiary/aromatic N) is 2. The number of benzene rings is 2. The van der Waals surface area contributed by atoms with E-state index in [1.54, 1.807) is 30.3 Å². The molecule has 0 unspecified atom stereocenters. The number of alkyl halides is 3. The summed E-state index contributed by atoms with van der Waals surface area (Å²) in [6.45, 7) is 0. The highest BCUT2D eigenvalue weighted by molar-refractivity contribution is 7.89. The minimum atomic E-state index is -5.08. The topological polar surface area (TPSA) is 133 Å². The van der Waals surface area contributed by atoms with Crippen LogP contribution in [0.5, 0.6) is 0 Å². The van der Waals surface area contributed by atoms with E-state index >= 15 is 0 Å². The Hall–Kier alpha value is -3.78. The number of aliphatic carboxylic acids is 1. The molecule has 33 heavy (non-hydrogen) atoms. The van der Waals surface area contributed by atoms with Gasteiger partial charge in [-0.15, -0.1) is 0 Å². The van der Waals surface area contributed by atoms with Crippen molar-refractivity contribution in [2.75, 3.05) is 17.7 Å². The lowest BCUT2D eigenvalue weighted by Crippen LogP contribution is -2.21. The van der Waals surface area contributed by atoms with Crippen LogP contribution in [-0.2, 0) is 14.8 Å². The molecule has 1 heterocycles. The lowest BCUT2D eigenvalue weighted by Gasteiger charge is -2.10. The molecule has 0 atom stereocenters. The quantitative estimate of drug-likeness (QED) is 0.388. The second kappa shape index (κ2) is 10.7. The van der Waals surface area contributed by atoms with E-state index in [1.165, 1.54) is 37.6 Å². The zero-order valence-corrected chi connectivity index (χ0v) is 17.6. The molecule has 3 aromatic rings. The Kier molecular flexibility index (Phi) is 8.26. The van der Waals surface area contributed by atoms with Crippen LogP contribution in [0.15, 0.2) is 65.8 Å². The molecule has 0 aliphatic heterocycles. The Labute approximate surface area is 185 Å². The molecule has 9 nitrogen and oxygen atoms in total.